The molecule has 2 rings (SSSR count). The minimum Gasteiger partial charge on any atom is -0.492 e. The second-order valence-electron chi connectivity index (χ2n) is 7.10. The van der Waals surface area contributed by atoms with Gasteiger partial charge in [-0.2, -0.15) is 0 Å². The molecule has 6 N–H and O–H groups in total. The van der Waals surface area contributed by atoms with Crippen molar-refractivity contribution in [3.05, 3.63) is 53.6 Å². The van der Waals surface area contributed by atoms with Gasteiger partial charge in [0.1, 0.15) is 5.75 Å². The van der Waals surface area contributed by atoms with Gasteiger partial charge in [-0.25, -0.2) is 9.59 Å². The van der Waals surface area contributed by atoms with Gasteiger partial charge in [-0.15, -0.1) is 0 Å². The van der Waals surface area contributed by atoms with Gasteiger partial charge in [-0.1, -0.05) is 52.0 Å². The number of carboxylic acids is 2. The van der Waals surface area contributed by atoms with Crippen LogP contribution in [0, 0.1) is 0 Å². The van der Waals surface area contributed by atoms with Crippen molar-refractivity contribution in [3.63, 3.8) is 0 Å². The lowest BCUT2D eigenvalue weighted by molar-refractivity contribution is -0.159. The Morgan fingerprint density at radius 1 is 0.931 bits per heavy atom. The highest BCUT2D eigenvalue weighted by Crippen LogP contribution is 2.29. The van der Waals surface area contributed by atoms with E-state index in [2.05, 4.69) is 39.8 Å². The van der Waals surface area contributed by atoms with Gasteiger partial charge in [0.05, 0.1) is 12.3 Å². The number of aliphatic carboxylic acids is 2. The summed E-state index contributed by atoms with van der Waals surface area (Å²) in [6.45, 7) is 11.2. The Kier molecular flexibility index (Phi) is 10.9. The molecular formula is C22H32N2O5. The Morgan fingerprint density at radius 2 is 1.48 bits per heavy atom. The zero-order valence-corrected chi connectivity index (χ0v) is 17.7. The third-order valence-electron chi connectivity index (χ3n) is 3.79. The Hall–Kier alpha value is -3.22. The summed E-state index contributed by atoms with van der Waals surface area (Å²) in [7, 11) is 0. The van der Waals surface area contributed by atoms with Crippen molar-refractivity contribution in [1.82, 2.24) is 0 Å². The first-order chi connectivity index (χ1) is 13.4. The Labute approximate surface area is 172 Å². The van der Waals surface area contributed by atoms with Crippen LogP contribution in [0.4, 0.5) is 11.4 Å². The van der Waals surface area contributed by atoms with Crippen LogP contribution in [0.25, 0.3) is 0 Å². The van der Waals surface area contributed by atoms with E-state index in [9.17, 15) is 0 Å². The molecule has 0 aliphatic heterocycles. The summed E-state index contributed by atoms with van der Waals surface area (Å²) >= 11 is 0. The number of anilines is 2. The van der Waals surface area contributed by atoms with Crippen LogP contribution in [0.15, 0.2) is 42.5 Å². The number of carboxylic acid groups (broad SMARTS) is 2. The third-order valence-corrected chi connectivity index (χ3v) is 3.79. The lowest BCUT2D eigenvalue weighted by atomic mass is 9.87. The van der Waals surface area contributed by atoms with Gasteiger partial charge in [0.15, 0.2) is 0 Å². The molecule has 0 fully saturated rings. The standard InChI is InChI=1S/C12H19NO.C8H11N.C2H2O4/c1-5-14-11-7-6-9(8-10(11)13)12(2,3)4;1-2-7-5-3-4-6-8(7)9;3-1(4)2(5)6/h6-8H,5,13H2,1-4H3;3-6H,2,9H2,1H3;(H,3,4)(H,5,6). The molecule has 0 unspecified atom stereocenters. The molecule has 160 valence electrons. The molecule has 0 atom stereocenters. The van der Waals surface area contributed by atoms with Crippen LogP contribution in [0.1, 0.15) is 45.7 Å². The summed E-state index contributed by atoms with van der Waals surface area (Å²) < 4.78 is 5.38. The van der Waals surface area contributed by atoms with E-state index in [0.717, 1.165) is 23.5 Å². The molecular weight excluding hydrogens is 372 g/mol. The minimum atomic E-state index is -1.82. The van der Waals surface area contributed by atoms with Gasteiger partial charge < -0.3 is 26.4 Å². The Bertz CT molecular complexity index is 786. The fourth-order valence-electron chi connectivity index (χ4n) is 2.16. The molecule has 0 radical (unpaired) electrons. The number of rotatable bonds is 3. The fraction of sp³-hybridized carbons (Fsp3) is 0.364. The molecule has 0 aromatic heterocycles. The number of benzene rings is 2. The van der Waals surface area contributed by atoms with Crippen LogP contribution >= 0.6 is 0 Å². The minimum absolute atomic E-state index is 0.138. The number of para-hydroxylation sites is 1. The van der Waals surface area contributed by atoms with Crippen molar-refractivity contribution in [2.24, 2.45) is 0 Å². The maximum Gasteiger partial charge on any atom is 0.414 e. The highest BCUT2D eigenvalue weighted by atomic mass is 16.5. The van der Waals surface area contributed by atoms with E-state index >= 15 is 0 Å². The van der Waals surface area contributed by atoms with Crippen molar-refractivity contribution < 1.29 is 24.5 Å². The van der Waals surface area contributed by atoms with E-state index in [0.29, 0.717) is 6.61 Å². The molecule has 2 aromatic rings. The van der Waals surface area contributed by atoms with E-state index in [4.69, 9.17) is 36.0 Å². The largest absolute Gasteiger partial charge is 0.492 e. The number of hydrogen-bond donors (Lipinski definition) is 4. The van der Waals surface area contributed by atoms with Crippen molar-refractivity contribution in [3.8, 4) is 5.75 Å². The lowest BCUT2D eigenvalue weighted by Gasteiger charge is -2.20. The van der Waals surface area contributed by atoms with E-state index in [-0.39, 0.29) is 5.41 Å². The third kappa shape index (κ3) is 10.0. The van der Waals surface area contributed by atoms with Crippen LogP contribution in [0.2, 0.25) is 0 Å². The molecule has 0 aliphatic rings. The van der Waals surface area contributed by atoms with Crippen LogP contribution in [0.3, 0.4) is 0 Å². The van der Waals surface area contributed by atoms with E-state index < -0.39 is 11.9 Å². The maximum atomic E-state index is 9.10. The maximum absolute atomic E-state index is 9.10. The molecule has 0 bridgehead atoms. The zero-order valence-electron chi connectivity index (χ0n) is 17.7. The van der Waals surface area contributed by atoms with Gasteiger partial charge >= 0.3 is 11.9 Å². The number of hydrogen-bond acceptors (Lipinski definition) is 5. The Balaban J connectivity index is 0.000000448. The topological polar surface area (TPSA) is 136 Å². The lowest BCUT2D eigenvalue weighted by Crippen LogP contribution is -2.11. The van der Waals surface area contributed by atoms with Crippen LogP contribution in [-0.4, -0.2) is 28.8 Å². The summed E-state index contributed by atoms with van der Waals surface area (Å²) in [6, 6.07) is 13.9. The first kappa shape index (κ1) is 25.8. The molecule has 0 saturated carbocycles. The normalized spacial score (nSPS) is 9.97. The first-order valence-electron chi connectivity index (χ1n) is 9.26. The summed E-state index contributed by atoms with van der Waals surface area (Å²) in [5.41, 5.74) is 15.7. The molecule has 0 aliphatic carbocycles. The van der Waals surface area contributed by atoms with Crippen molar-refractivity contribution in [2.45, 2.75) is 46.5 Å². The van der Waals surface area contributed by atoms with E-state index in [1.807, 2.05) is 37.3 Å². The molecule has 0 saturated heterocycles. The average molecular weight is 405 g/mol. The number of ether oxygens (including phenoxy) is 1. The molecule has 7 heteroatoms. The van der Waals surface area contributed by atoms with E-state index in [1.165, 1.54) is 11.1 Å². The quantitative estimate of drug-likeness (QED) is 0.449. The number of aryl methyl sites for hydroxylation is 1. The summed E-state index contributed by atoms with van der Waals surface area (Å²) in [6.07, 6.45) is 1.02. The molecule has 29 heavy (non-hydrogen) atoms. The predicted octanol–water partition coefficient (Wildman–Crippen LogP) is 3.95. The monoisotopic (exact) mass is 404 g/mol. The molecule has 7 nitrogen and oxygen atoms in total. The van der Waals surface area contributed by atoms with Crippen molar-refractivity contribution in [1.29, 1.82) is 0 Å². The van der Waals surface area contributed by atoms with Gasteiger partial charge in [0, 0.05) is 5.69 Å². The molecule has 2 aromatic carbocycles. The molecule has 0 spiro atoms. The molecule has 0 amide bonds. The highest BCUT2D eigenvalue weighted by Gasteiger charge is 2.14. The number of nitrogens with two attached hydrogens (primary N) is 2. The SMILES string of the molecule is CCOc1ccc(C(C)(C)C)cc1N.CCc1ccccc1N.O=C(O)C(=O)O. The van der Waals surface area contributed by atoms with Crippen molar-refractivity contribution in [2.75, 3.05) is 18.1 Å². The van der Waals surface area contributed by atoms with Crippen LogP contribution in [-0.2, 0) is 21.4 Å². The first-order valence-corrected chi connectivity index (χ1v) is 9.26. The van der Waals surface area contributed by atoms with Gasteiger partial charge in [0.2, 0.25) is 0 Å². The van der Waals surface area contributed by atoms with Crippen LogP contribution in [0.5, 0.6) is 5.75 Å². The smallest absolute Gasteiger partial charge is 0.414 e. The summed E-state index contributed by atoms with van der Waals surface area (Å²) in [5.74, 6) is -2.87. The molecule has 0 heterocycles. The van der Waals surface area contributed by atoms with E-state index in [1.54, 1.807) is 0 Å². The number of carbonyl (C=O) groups is 2. The average Bonchev–Trinajstić information content (AvgIpc) is 2.64. The van der Waals surface area contributed by atoms with Gasteiger partial charge in [0.25, 0.3) is 0 Å². The highest BCUT2D eigenvalue weighted by molar-refractivity contribution is 6.27. The number of nitrogen functional groups attached to an aromatic ring is 2. The fourth-order valence-corrected chi connectivity index (χ4v) is 2.16. The van der Waals surface area contributed by atoms with Crippen LogP contribution < -0.4 is 16.2 Å². The zero-order chi connectivity index (χ0) is 22.6. The second-order valence-corrected chi connectivity index (χ2v) is 7.10. The van der Waals surface area contributed by atoms with Gasteiger partial charge in [-0.3, -0.25) is 0 Å². The predicted molar refractivity (Wildman–Crippen MR) is 116 cm³/mol. The summed E-state index contributed by atoms with van der Waals surface area (Å²) in [4.78, 5) is 18.2. The van der Waals surface area contributed by atoms with Gasteiger partial charge in [-0.05, 0) is 48.1 Å². The second kappa shape index (κ2) is 12.3. The Morgan fingerprint density at radius 3 is 1.83 bits per heavy atom. The van der Waals surface area contributed by atoms with Crippen molar-refractivity contribution >= 4 is 23.3 Å². The summed E-state index contributed by atoms with van der Waals surface area (Å²) in [5, 5.41) is 14.8.